The monoisotopic (exact) mass is 629 g/mol. The third-order valence-corrected chi connectivity index (χ3v) is 5.72. The summed E-state index contributed by atoms with van der Waals surface area (Å²) in [6.45, 7) is 22.0. The Labute approximate surface area is 254 Å². The third-order valence-electron chi connectivity index (χ3n) is 4.65. The van der Waals surface area contributed by atoms with Gasteiger partial charge in [-0.2, -0.15) is 0 Å². The van der Waals surface area contributed by atoms with Crippen molar-refractivity contribution in [1.29, 1.82) is 0 Å². The summed E-state index contributed by atoms with van der Waals surface area (Å²) < 4.78 is 59.9. The van der Waals surface area contributed by atoms with Crippen molar-refractivity contribution in [3.63, 3.8) is 0 Å². The number of amides is 1. The molecule has 0 saturated carbocycles. The zero-order valence-corrected chi connectivity index (χ0v) is 28.0. The molecule has 252 valence electrons. The average Bonchev–Trinajstić information content (AvgIpc) is 2.90. The van der Waals surface area contributed by atoms with E-state index in [1.54, 1.807) is 0 Å². The van der Waals surface area contributed by atoms with Crippen LogP contribution in [-0.4, -0.2) is 152 Å². The third kappa shape index (κ3) is 37.1. The van der Waals surface area contributed by atoms with Crippen molar-refractivity contribution in [2.75, 3.05) is 132 Å². The fourth-order valence-electron chi connectivity index (χ4n) is 2.81. The second-order valence-corrected chi connectivity index (χ2v) is 15.4. The summed E-state index contributed by atoms with van der Waals surface area (Å²) in [6.07, 6.45) is -0.450. The predicted octanol–water partition coefficient (Wildman–Crippen LogP) is 2.51. The van der Waals surface area contributed by atoms with Gasteiger partial charge in [-0.1, -0.05) is 0 Å². The Morgan fingerprint density at radius 2 is 0.738 bits per heavy atom. The van der Waals surface area contributed by atoms with E-state index in [9.17, 15) is 4.79 Å². The van der Waals surface area contributed by atoms with E-state index in [0.29, 0.717) is 132 Å². The van der Waals surface area contributed by atoms with Gasteiger partial charge < -0.3 is 57.1 Å². The Balaban J connectivity index is 3.11. The van der Waals surface area contributed by atoms with E-state index in [-0.39, 0.29) is 0 Å². The lowest BCUT2D eigenvalue weighted by Crippen LogP contribution is -2.34. The maximum absolute atomic E-state index is 11.5. The molecule has 0 radical (unpaired) electrons. The van der Waals surface area contributed by atoms with Gasteiger partial charge in [0.1, 0.15) is 5.60 Å². The van der Waals surface area contributed by atoms with Crippen molar-refractivity contribution in [2.24, 2.45) is 0 Å². The van der Waals surface area contributed by atoms with Crippen LogP contribution in [0.3, 0.4) is 0 Å². The molecule has 0 aliphatic rings. The van der Waals surface area contributed by atoms with Crippen molar-refractivity contribution in [2.45, 2.75) is 46.0 Å². The maximum atomic E-state index is 11.5. The lowest BCUT2D eigenvalue weighted by molar-refractivity contribution is -0.0254. The number of alkyl carbamates (subject to hydrolysis) is 1. The van der Waals surface area contributed by atoms with Crippen molar-refractivity contribution in [3.8, 4) is 0 Å². The summed E-state index contributed by atoms with van der Waals surface area (Å²) in [5, 5.41) is 2.63. The molecule has 0 rings (SSSR count). The highest BCUT2D eigenvalue weighted by atomic mass is 28.4. The Kier molecular flexibility index (Phi) is 28.2. The molecule has 14 heteroatoms. The number of carbonyl (C=O) groups excluding carboxylic acids is 1. The highest BCUT2D eigenvalue weighted by Gasteiger charge is 2.15. The molecule has 1 amide bonds. The maximum Gasteiger partial charge on any atom is 0.407 e. The summed E-state index contributed by atoms with van der Waals surface area (Å²) in [6, 6.07) is 0. The SMILES string of the molecule is CC(C)(C)OC(=O)NCCOCCOCCOCCOCCOCCOCCOCCOCCOCCO[Si](C)(C)C. The van der Waals surface area contributed by atoms with Crippen LogP contribution in [0.25, 0.3) is 0 Å². The first-order chi connectivity index (χ1) is 20.1. The Morgan fingerprint density at radius 1 is 0.476 bits per heavy atom. The zero-order valence-electron chi connectivity index (χ0n) is 27.0. The lowest BCUT2D eigenvalue weighted by Gasteiger charge is -2.19. The van der Waals surface area contributed by atoms with Crippen LogP contribution in [0.15, 0.2) is 0 Å². The van der Waals surface area contributed by atoms with Gasteiger partial charge >= 0.3 is 6.09 Å². The molecule has 0 heterocycles. The first-order valence-corrected chi connectivity index (χ1v) is 18.3. The van der Waals surface area contributed by atoms with Crippen molar-refractivity contribution in [1.82, 2.24) is 5.32 Å². The van der Waals surface area contributed by atoms with Crippen LogP contribution in [-0.2, 0) is 51.8 Å². The van der Waals surface area contributed by atoms with Gasteiger partial charge in [0, 0.05) is 6.54 Å². The minimum Gasteiger partial charge on any atom is -0.444 e. The molecule has 0 saturated heterocycles. The van der Waals surface area contributed by atoms with Gasteiger partial charge in [0.2, 0.25) is 0 Å². The minimum absolute atomic E-state index is 0.386. The van der Waals surface area contributed by atoms with Crippen LogP contribution < -0.4 is 5.32 Å². The van der Waals surface area contributed by atoms with E-state index in [1.807, 2.05) is 20.8 Å². The molecule has 0 atom stereocenters. The highest BCUT2D eigenvalue weighted by Crippen LogP contribution is 2.06. The fraction of sp³-hybridized carbons (Fsp3) is 0.964. The Hall–Kier alpha value is -0.913. The van der Waals surface area contributed by atoms with Gasteiger partial charge in [0.05, 0.1) is 126 Å². The molecule has 0 bridgehead atoms. The molecule has 0 aliphatic carbocycles. The summed E-state index contributed by atoms with van der Waals surface area (Å²) in [7, 11) is -1.45. The van der Waals surface area contributed by atoms with Crippen LogP contribution >= 0.6 is 0 Å². The molecule has 0 spiro atoms. The molecule has 1 N–H and O–H groups in total. The molecule has 0 fully saturated rings. The van der Waals surface area contributed by atoms with Gasteiger partial charge in [-0.3, -0.25) is 0 Å². The van der Waals surface area contributed by atoms with E-state index in [2.05, 4.69) is 25.0 Å². The van der Waals surface area contributed by atoms with Crippen LogP contribution in [0, 0.1) is 0 Å². The van der Waals surface area contributed by atoms with E-state index < -0.39 is 20.0 Å². The molecule has 42 heavy (non-hydrogen) atoms. The molecule has 0 aliphatic heterocycles. The van der Waals surface area contributed by atoms with Gasteiger partial charge in [-0.25, -0.2) is 4.79 Å². The van der Waals surface area contributed by atoms with Gasteiger partial charge in [0.25, 0.3) is 0 Å². The van der Waals surface area contributed by atoms with E-state index in [1.165, 1.54) is 0 Å². The number of hydrogen-bond donors (Lipinski definition) is 1. The Bertz CT molecular complexity index is 590. The quantitative estimate of drug-likeness (QED) is 0.0893. The van der Waals surface area contributed by atoms with Crippen LogP contribution in [0.1, 0.15) is 20.8 Å². The fourth-order valence-corrected chi connectivity index (χ4v) is 3.50. The number of carbonyl (C=O) groups is 1. The second-order valence-electron chi connectivity index (χ2n) is 10.9. The smallest absolute Gasteiger partial charge is 0.407 e. The normalized spacial score (nSPS) is 12.1. The summed E-state index contributed by atoms with van der Waals surface area (Å²) in [5.41, 5.74) is -0.508. The predicted molar refractivity (Wildman–Crippen MR) is 161 cm³/mol. The Morgan fingerprint density at radius 3 is 1.00 bits per heavy atom. The molecule has 0 aromatic heterocycles. The first kappa shape index (κ1) is 41.1. The van der Waals surface area contributed by atoms with Crippen molar-refractivity contribution < 1.29 is 56.6 Å². The number of ether oxygens (including phenoxy) is 10. The highest BCUT2D eigenvalue weighted by molar-refractivity contribution is 6.69. The number of hydrogen-bond acceptors (Lipinski definition) is 12. The molecular formula is C28H59NO12Si. The minimum atomic E-state index is -1.45. The first-order valence-electron chi connectivity index (χ1n) is 14.9. The average molecular weight is 630 g/mol. The number of nitrogens with one attached hydrogen (secondary N) is 1. The summed E-state index contributed by atoms with van der Waals surface area (Å²) in [5.74, 6) is 0. The number of rotatable bonds is 31. The second kappa shape index (κ2) is 28.8. The van der Waals surface area contributed by atoms with E-state index in [4.69, 9.17) is 51.8 Å². The summed E-state index contributed by atoms with van der Waals surface area (Å²) >= 11 is 0. The van der Waals surface area contributed by atoms with Crippen LogP contribution in [0.4, 0.5) is 4.79 Å². The van der Waals surface area contributed by atoms with E-state index >= 15 is 0 Å². The molecule has 0 aromatic rings. The van der Waals surface area contributed by atoms with Gasteiger partial charge in [-0.05, 0) is 40.4 Å². The lowest BCUT2D eigenvalue weighted by atomic mass is 10.2. The molecule has 0 unspecified atom stereocenters. The molecular weight excluding hydrogens is 570 g/mol. The van der Waals surface area contributed by atoms with Crippen LogP contribution in [0.5, 0.6) is 0 Å². The topological polar surface area (TPSA) is 131 Å². The standard InChI is InChI=1S/C28H59NO12Si/c1-28(2,3)41-27(30)29-7-8-31-9-10-32-11-12-33-13-14-34-15-16-35-17-18-36-19-20-37-21-22-38-23-24-39-25-26-40-42(4,5)6/h7-26H2,1-6H3,(H,29,30). The van der Waals surface area contributed by atoms with Gasteiger partial charge in [-0.15, -0.1) is 0 Å². The van der Waals surface area contributed by atoms with Gasteiger partial charge in [0.15, 0.2) is 8.32 Å². The van der Waals surface area contributed by atoms with E-state index in [0.717, 1.165) is 0 Å². The zero-order chi connectivity index (χ0) is 31.2. The largest absolute Gasteiger partial charge is 0.444 e. The van der Waals surface area contributed by atoms with Crippen molar-refractivity contribution in [3.05, 3.63) is 0 Å². The van der Waals surface area contributed by atoms with Crippen LogP contribution in [0.2, 0.25) is 19.6 Å². The molecule has 13 nitrogen and oxygen atoms in total. The molecule has 0 aromatic carbocycles. The summed E-state index contributed by atoms with van der Waals surface area (Å²) in [4.78, 5) is 11.5. The van der Waals surface area contributed by atoms with Crippen molar-refractivity contribution >= 4 is 14.4 Å².